The van der Waals surface area contributed by atoms with Gasteiger partial charge in [-0.05, 0) is 62.4 Å². The number of hydrazine groups is 1. The van der Waals surface area contributed by atoms with Gasteiger partial charge < -0.3 is 26.5 Å². The minimum absolute atomic E-state index is 0.269. The molecule has 1 unspecified atom stereocenters. The summed E-state index contributed by atoms with van der Waals surface area (Å²) in [5, 5.41) is 4.79. The summed E-state index contributed by atoms with van der Waals surface area (Å²) < 4.78 is 5.74. The largest absolute Gasteiger partial charge is 0.397 e. The highest BCUT2D eigenvalue weighted by Gasteiger charge is 2.12. The fourth-order valence-corrected chi connectivity index (χ4v) is 3.77. The molecule has 2 aromatic rings. The summed E-state index contributed by atoms with van der Waals surface area (Å²) in [5.41, 5.74) is 18.8. The van der Waals surface area contributed by atoms with Gasteiger partial charge >= 0.3 is 0 Å². The maximum Gasteiger partial charge on any atom is 0.0948 e. The fraction of sp³-hybridized carbons (Fsp3) is 0.333. The van der Waals surface area contributed by atoms with E-state index in [1.807, 2.05) is 62.5 Å². The van der Waals surface area contributed by atoms with Crippen LogP contribution in [-0.2, 0) is 4.74 Å². The molecule has 1 fully saturated rings. The van der Waals surface area contributed by atoms with E-state index in [0.29, 0.717) is 17.9 Å². The van der Waals surface area contributed by atoms with Crippen molar-refractivity contribution < 1.29 is 4.74 Å². The van der Waals surface area contributed by atoms with Gasteiger partial charge in [0, 0.05) is 36.7 Å². The van der Waals surface area contributed by atoms with E-state index >= 15 is 0 Å². The summed E-state index contributed by atoms with van der Waals surface area (Å²) >= 11 is 0. The van der Waals surface area contributed by atoms with Gasteiger partial charge in [0.2, 0.25) is 0 Å². The van der Waals surface area contributed by atoms with Crippen molar-refractivity contribution in [3.8, 4) is 11.8 Å². The molecule has 3 rings (SSSR count). The Hall–Kier alpha value is -3.40. The van der Waals surface area contributed by atoms with E-state index in [1.54, 1.807) is 6.20 Å². The van der Waals surface area contributed by atoms with E-state index in [1.165, 1.54) is 11.4 Å². The van der Waals surface area contributed by atoms with Crippen LogP contribution in [0, 0.1) is 25.7 Å². The molecule has 7 N–H and O–H groups in total. The quantitative estimate of drug-likeness (QED) is 0.297. The topological polar surface area (TPSA) is 103 Å². The Labute approximate surface area is 197 Å². The van der Waals surface area contributed by atoms with Gasteiger partial charge in [-0.25, -0.2) is 5.84 Å². The number of aryl methyl sites for hydroxylation is 2. The molecule has 1 aliphatic rings. The molecule has 33 heavy (non-hydrogen) atoms. The van der Waals surface area contributed by atoms with Crippen molar-refractivity contribution >= 4 is 11.4 Å². The number of nitrogens with zero attached hydrogens (tertiary/aromatic N) is 1. The molecule has 0 spiro atoms. The first-order valence-corrected chi connectivity index (χ1v) is 11.4. The van der Waals surface area contributed by atoms with Gasteiger partial charge in [0.1, 0.15) is 0 Å². The van der Waals surface area contributed by atoms with Gasteiger partial charge in [-0.15, -0.1) is 0 Å². The molecular weight excluding hydrogens is 410 g/mol. The van der Waals surface area contributed by atoms with Crippen molar-refractivity contribution in [1.82, 2.24) is 10.3 Å². The van der Waals surface area contributed by atoms with Crippen LogP contribution in [0.25, 0.3) is 11.4 Å². The van der Waals surface area contributed by atoms with Crippen molar-refractivity contribution in [2.45, 2.75) is 39.2 Å². The van der Waals surface area contributed by atoms with Crippen LogP contribution in [0.5, 0.6) is 0 Å². The summed E-state index contributed by atoms with van der Waals surface area (Å²) in [5.74, 6) is 12.3. The van der Waals surface area contributed by atoms with Gasteiger partial charge in [0.15, 0.2) is 0 Å². The number of hydrogen-bond acceptors (Lipinski definition) is 6. The molecule has 174 valence electrons. The van der Waals surface area contributed by atoms with Crippen molar-refractivity contribution in [2.75, 3.05) is 19.7 Å². The minimum atomic E-state index is 0.269. The molecule has 0 amide bonds. The molecule has 0 saturated carbocycles. The van der Waals surface area contributed by atoms with Gasteiger partial charge in [0.05, 0.1) is 24.0 Å². The molecule has 6 heteroatoms. The molecule has 0 bridgehead atoms. The number of hydrogen-bond donors (Lipinski definition) is 4. The van der Waals surface area contributed by atoms with Crippen LogP contribution in [0.1, 0.15) is 47.1 Å². The SMILES string of the molecule is Cc1cccc(/C(N)=C/N(N)CC#Cc2ccc(/C(N)=C/NCC3CCCCO3)c(C)c2)c1. The Kier molecular flexibility index (Phi) is 8.82. The van der Waals surface area contributed by atoms with Crippen LogP contribution in [-0.4, -0.2) is 30.8 Å². The van der Waals surface area contributed by atoms with Crippen molar-refractivity contribution in [2.24, 2.45) is 17.3 Å². The molecule has 1 atom stereocenters. The summed E-state index contributed by atoms with van der Waals surface area (Å²) in [6.45, 7) is 6.06. The third kappa shape index (κ3) is 7.60. The monoisotopic (exact) mass is 445 g/mol. The summed E-state index contributed by atoms with van der Waals surface area (Å²) in [6.07, 6.45) is 7.32. The summed E-state index contributed by atoms with van der Waals surface area (Å²) in [4.78, 5) is 0. The Morgan fingerprint density at radius 1 is 1.15 bits per heavy atom. The average Bonchev–Trinajstić information content (AvgIpc) is 2.79. The number of nitrogens with one attached hydrogen (secondary N) is 1. The van der Waals surface area contributed by atoms with E-state index in [4.69, 9.17) is 22.0 Å². The van der Waals surface area contributed by atoms with E-state index < -0.39 is 0 Å². The van der Waals surface area contributed by atoms with Crippen molar-refractivity contribution in [3.63, 3.8) is 0 Å². The standard InChI is InChI=1S/C27H35N5O/c1-20-7-5-9-23(15-20)27(29)19-32(30)13-6-8-22-11-12-25(21(2)16-22)26(28)18-31-17-24-10-3-4-14-33-24/h5,7,9,11-12,15-16,18-19,24,31H,3-4,10,13-14,17,28-30H2,1-2H3/b26-18-,27-19-. The van der Waals surface area contributed by atoms with Crippen LogP contribution >= 0.6 is 0 Å². The zero-order valence-corrected chi connectivity index (χ0v) is 19.6. The molecular formula is C27H35N5O. The summed E-state index contributed by atoms with van der Waals surface area (Å²) in [7, 11) is 0. The maximum atomic E-state index is 6.29. The average molecular weight is 446 g/mol. The third-order valence-corrected chi connectivity index (χ3v) is 5.57. The Bertz CT molecular complexity index is 1060. The Morgan fingerprint density at radius 2 is 2.00 bits per heavy atom. The highest BCUT2D eigenvalue weighted by atomic mass is 16.5. The first kappa shape index (κ1) is 24.2. The van der Waals surface area contributed by atoms with Crippen molar-refractivity contribution in [3.05, 3.63) is 82.7 Å². The number of benzene rings is 2. The predicted octanol–water partition coefficient (Wildman–Crippen LogP) is 3.20. The predicted molar refractivity (Wildman–Crippen MR) is 136 cm³/mol. The summed E-state index contributed by atoms with van der Waals surface area (Å²) in [6, 6.07) is 14.0. The van der Waals surface area contributed by atoms with Gasteiger partial charge in [-0.2, -0.15) is 0 Å². The fourth-order valence-electron chi connectivity index (χ4n) is 3.77. The molecule has 6 nitrogen and oxygen atoms in total. The van der Waals surface area contributed by atoms with Crippen LogP contribution in [0.15, 0.2) is 54.9 Å². The normalized spacial score (nSPS) is 16.6. The minimum Gasteiger partial charge on any atom is -0.397 e. The highest BCUT2D eigenvalue weighted by molar-refractivity contribution is 5.66. The van der Waals surface area contributed by atoms with Crippen LogP contribution in [0.3, 0.4) is 0 Å². The lowest BCUT2D eigenvalue weighted by atomic mass is 10.0. The van der Waals surface area contributed by atoms with E-state index in [0.717, 1.165) is 53.8 Å². The van der Waals surface area contributed by atoms with Gasteiger partial charge in [0.25, 0.3) is 0 Å². The number of nitrogens with two attached hydrogens (primary N) is 3. The Morgan fingerprint density at radius 3 is 2.73 bits per heavy atom. The van der Waals surface area contributed by atoms with Crippen molar-refractivity contribution in [1.29, 1.82) is 0 Å². The lowest BCUT2D eigenvalue weighted by molar-refractivity contribution is 0.0188. The van der Waals surface area contributed by atoms with Gasteiger partial charge in [-0.1, -0.05) is 41.7 Å². The second-order valence-corrected chi connectivity index (χ2v) is 8.45. The molecule has 1 aliphatic heterocycles. The van der Waals surface area contributed by atoms with Gasteiger partial charge in [-0.3, -0.25) is 0 Å². The maximum absolute atomic E-state index is 6.29. The molecule has 1 heterocycles. The highest BCUT2D eigenvalue weighted by Crippen LogP contribution is 2.17. The van der Waals surface area contributed by atoms with E-state index in [-0.39, 0.29) is 6.10 Å². The zero-order chi connectivity index (χ0) is 23.6. The molecule has 0 radical (unpaired) electrons. The molecule has 0 aliphatic carbocycles. The molecule has 1 saturated heterocycles. The van der Waals surface area contributed by atoms with Crippen LogP contribution < -0.4 is 22.6 Å². The number of ether oxygens (including phenoxy) is 1. The second-order valence-electron chi connectivity index (χ2n) is 8.45. The molecule has 0 aromatic heterocycles. The van der Waals surface area contributed by atoms with E-state index in [9.17, 15) is 0 Å². The Balaban J connectivity index is 1.55. The third-order valence-electron chi connectivity index (χ3n) is 5.57. The van der Waals surface area contributed by atoms with Crippen LogP contribution in [0.4, 0.5) is 0 Å². The number of rotatable bonds is 7. The second kappa shape index (κ2) is 12.0. The van der Waals surface area contributed by atoms with Crippen LogP contribution in [0.2, 0.25) is 0 Å². The first-order chi connectivity index (χ1) is 15.9. The lowest BCUT2D eigenvalue weighted by Gasteiger charge is -2.22. The smallest absolute Gasteiger partial charge is 0.0948 e. The lowest BCUT2D eigenvalue weighted by Crippen LogP contribution is -2.29. The first-order valence-electron chi connectivity index (χ1n) is 11.4. The van der Waals surface area contributed by atoms with E-state index in [2.05, 4.69) is 17.2 Å². The zero-order valence-electron chi connectivity index (χ0n) is 19.6. The molecule has 2 aromatic carbocycles.